The maximum absolute atomic E-state index is 13.1. The van der Waals surface area contributed by atoms with Crippen molar-refractivity contribution in [2.45, 2.75) is 32.2 Å². The number of nitrogens with two attached hydrogens (primary N) is 1. The fourth-order valence-corrected chi connectivity index (χ4v) is 4.66. The molecule has 0 radical (unpaired) electrons. The van der Waals surface area contributed by atoms with Crippen molar-refractivity contribution in [2.24, 2.45) is 5.73 Å². The molecule has 5 rings (SSSR count). The molecule has 0 aromatic carbocycles. The maximum atomic E-state index is 13.1. The normalized spacial score (nSPS) is 16.0. The van der Waals surface area contributed by atoms with Gasteiger partial charge in [0.05, 0.1) is 12.5 Å². The van der Waals surface area contributed by atoms with Crippen LogP contribution in [0.3, 0.4) is 0 Å². The highest BCUT2D eigenvalue weighted by Gasteiger charge is 2.33. The van der Waals surface area contributed by atoms with Gasteiger partial charge in [0, 0.05) is 29.9 Å². The van der Waals surface area contributed by atoms with Crippen molar-refractivity contribution in [2.75, 3.05) is 16.8 Å². The third-order valence-electron chi connectivity index (χ3n) is 5.35. The standard InChI is InChI=1S/C20H21N9O2S/c1-11-10-22-17(32-11)9-15(30)13-4-2-6-28(13)20-24-19(14-5-3-7-29(14)27-20)23-16-8-12(18(21)31)25-26-16/h3,5,7-8,10,13H,2,4,6,9H2,1H3,(H2,21,31)(H2,23,24,25,26,27)/t13-/m0/s1. The number of nitrogens with zero attached hydrogens (tertiary/aromatic N) is 6. The number of anilines is 3. The molecular formula is C20H21N9O2S. The van der Waals surface area contributed by atoms with Crippen LogP contribution < -0.4 is 16.0 Å². The number of amides is 1. The Morgan fingerprint density at radius 2 is 2.28 bits per heavy atom. The summed E-state index contributed by atoms with van der Waals surface area (Å²) in [6.45, 7) is 2.67. The summed E-state index contributed by atoms with van der Waals surface area (Å²) in [5.41, 5.74) is 6.22. The number of ketones is 1. The summed E-state index contributed by atoms with van der Waals surface area (Å²) in [5, 5.41) is 15.2. The van der Waals surface area contributed by atoms with Crippen LogP contribution in [0.4, 0.5) is 17.6 Å². The number of hydrogen-bond donors (Lipinski definition) is 3. The van der Waals surface area contributed by atoms with Crippen LogP contribution in [-0.4, -0.2) is 54.1 Å². The summed E-state index contributed by atoms with van der Waals surface area (Å²) in [7, 11) is 0. The minimum Gasteiger partial charge on any atom is -0.364 e. The molecule has 164 valence electrons. The lowest BCUT2D eigenvalue weighted by Crippen LogP contribution is -2.38. The van der Waals surface area contributed by atoms with Crippen LogP contribution >= 0.6 is 11.3 Å². The summed E-state index contributed by atoms with van der Waals surface area (Å²) >= 11 is 1.54. The number of carbonyl (C=O) groups excluding carboxylic acids is 2. The van der Waals surface area contributed by atoms with Crippen LogP contribution in [0.25, 0.3) is 5.52 Å². The molecule has 0 aliphatic carbocycles. The molecular weight excluding hydrogens is 430 g/mol. The zero-order chi connectivity index (χ0) is 22.2. The van der Waals surface area contributed by atoms with Gasteiger partial charge in [-0.05, 0) is 31.9 Å². The first-order chi connectivity index (χ1) is 15.5. The third kappa shape index (κ3) is 3.80. The van der Waals surface area contributed by atoms with E-state index in [9.17, 15) is 9.59 Å². The van der Waals surface area contributed by atoms with Gasteiger partial charge in [-0.1, -0.05) is 0 Å². The van der Waals surface area contributed by atoms with E-state index in [4.69, 9.17) is 10.7 Å². The van der Waals surface area contributed by atoms with Crippen molar-refractivity contribution in [1.82, 2.24) is 29.8 Å². The SMILES string of the molecule is Cc1cnc(CC(=O)[C@@H]2CCCN2c2nc(Nc3cc(C(N)=O)[nH]n3)c3cccn3n2)s1. The van der Waals surface area contributed by atoms with Crippen LogP contribution in [0.2, 0.25) is 0 Å². The number of hydrogen-bond acceptors (Lipinski definition) is 9. The quantitative estimate of drug-likeness (QED) is 0.386. The van der Waals surface area contributed by atoms with Crippen LogP contribution in [-0.2, 0) is 11.2 Å². The maximum Gasteiger partial charge on any atom is 0.266 e. The van der Waals surface area contributed by atoms with Crippen molar-refractivity contribution < 1.29 is 9.59 Å². The van der Waals surface area contributed by atoms with E-state index >= 15 is 0 Å². The Kier molecular flexibility index (Phi) is 5.05. The summed E-state index contributed by atoms with van der Waals surface area (Å²) < 4.78 is 1.70. The molecule has 12 heteroatoms. The van der Waals surface area contributed by atoms with Crippen LogP contribution in [0.5, 0.6) is 0 Å². The molecule has 1 atom stereocenters. The Hall–Kier alpha value is -3.80. The molecule has 1 aliphatic rings. The number of rotatable bonds is 7. The molecule has 4 N–H and O–H groups in total. The van der Waals surface area contributed by atoms with Crippen molar-refractivity contribution in [3.8, 4) is 0 Å². The first kappa shape index (κ1) is 20.1. The number of nitrogens with one attached hydrogen (secondary N) is 2. The number of aryl methyl sites for hydroxylation is 1. The Balaban J connectivity index is 1.44. The van der Waals surface area contributed by atoms with Crippen LogP contribution in [0.15, 0.2) is 30.6 Å². The van der Waals surface area contributed by atoms with Gasteiger partial charge in [0.1, 0.15) is 16.2 Å². The molecule has 0 unspecified atom stereocenters. The van der Waals surface area contributed by atoms with Gasteiger partial charge < -0.3 is 16.0 Å². The second-order valence-electron chi connectivity index (χ2n) is 7.61. The van der Waals surface area contributed by atoms with Gasteiger partial charge in [0.2, 0.25) is 5.95 Å². The first-order valence-corrected chi connectivity index (χ1v) is 11.0. The monoisotopic (exact) mass is 451 g/mol. The number of fused-ring (bicyclic) bond motifs is 1. The van der Waals surface area contributed by atoms with Gasteiger partial charge in [-0.2, -0.15) is 10.1 Å². The topological polar surface area (TPSA) is 147 Å². The van der Waals surface area contributed by atoms with Crippen molar-refractivity contribution in [3.05, 3.63) is 46.2 Å². The van der Waals surface area contributed by atoms with Gasteiger partial charge in [-0.25, -0.2) is 9.50 Å². The second kappa shape index (κ2) is 8.04. The molecule has 1 saturated heterocycles. The largest absolute Gasteiger partial charge is 0.364 e. The average Bonchev–Trinajstić information content (AvgIpc) is 3.54. The molecule has 1 amide bonds. The van der Waals surface area contributed by atoms with Gasteiger partial charge >= 0.3 is 0 Å². The van der Waals surface area contributed by atoms with E-state index in [0.717, 1.165) is 28.2 Å². The number of aromatic nitrogens is 6. The van der Waals surface area contributed by atoms with Gasteiger partial charge in [-0.3, -0.25) is 14.7 Å². The molecule has 1 aliphatic heterocycles. The number of thiazole rings is 1. The lowest BCUT2D eigenvalue weighted by Gasteiger charge is -2.24. The molecule has 0 spiro atoms. The van der Waals surface area contributed by atoms with E-state index in [1.807, 2.05) is 30.2 Å². The van der Waals surface area contributed by atoms with E-state index in [1.165, 1.54) is 6.07 Å². The fourth-order valence-electron chi connectivity index (χ4n) is 3.86. The number of H-pyrrole nitrogens is 1. The molecule has 0 bridgehead atoms. The Morgan fingerprint density at radius 1 is 1.41 bits per heavy atom. The highest BCUT2D eigenvalue weighted by molar-refractivity contribution is 7.11. The van der Waals surface area contributed by atoms with E-state index < -0.39 is 5.91 Å². The van der Waals surface area contributed by atoms with Gasteiger partial charge in [0.25, 0.3) is 5.91 Å². The molecule has 5 heterocycles. The summed E-state index contributed by atoms with van der Waals surface area (Å²) in [6.07, 6.45) is 5.54. The predicted octanol–water partition coefficient (Wildman–Crippen LogP) is 1.84. The third-order valence-corrected chi connectivity index (χ3v) is 6.26. The van der Waals surface area contributed by atoms with Gasteiger partial charge in [0.15, 0.2) is 17.4 Å². The second-order valence-corrected chi connectivity index (χ2v) is 8.93. The molecule has 4 aromatic rings. The van der Waals surface area contributed by atoms with E-state index in [1.54, 1.807) is 22.0 Å². The number of Topliss-reactive ketones (excluding diaryl/α,β-unsaturated/α-hetero) is 1. The summed E-state index contributed by atoms with van der Waals surface area (Å²) in [6, 6.07) is 4.94. The van der Waals surface area contributed by atoms with Crippen molar-refractivity contribution in [1.29, 1.82) is 0 Å². The molecule has 1 fully saturated rings. The van der Waals surface area contributed by atoms with Crippen LogP contribution in [0, 0.1) is 6.92 Å². The highest BCUT2D eigenvalue weighted by Crippen LogP contribution is 2.28. The minimum absolute atomic E-state index is 0.112. The molecule has 32 heavy (non-hydrogen) atoms. The minimum atomic E-state index is -0.601. The summed E-state index contributed by atoms with van der Waals surface area (Å²) in [5.74, 6) is 0.875. The number of primary amides is 1. The Morgan fingerprint density at radius 3 is 3.03 bits per heavy atom. The molecule has 0 saturated carbocycles. The lowest BCUT2D eigenvalue weighted by molar-refractivity contribution is -0.119. The fraction of sp³-hybridized carbons (Fsp3) is 0.300. The van der Waals surface area contributed by atoms with E-state index in [2.05, 4.69) is 25.6 Å². The Labute approximate surface area is 186 Å². The lowest BCUT2D eigenvalue weighted by atomic mass is 10.1. The highest BCUT2D eigenvalue weighted by atomic mass is 32.1. The molecule has 11 nitrogen and oxygen atoms in total. The zero-order valence-corrected chi connectivity index (χ0v) is 18.1. The van der Waals surface area contributed by atoms with Crippen LogP contribution in [0.1, 0.15) is 33.2 Å². The zero-order valence-electron chi connectivity index (χ0n) is 17.3. The van der Waals surface area contributed by atoms with E-state index in [-0.39, 0.29) is 17.5 Å². The number of aromatic amines is 1. The average molecular weight is 452 g/mol. The van der Waals surface area contributed by atoms with Crippen molar-refractivity contribution >= 4 is 46.1 Å². The van der Waals surface area contributed by atoms with Gasteiger partial charge in [-0.15, -0.1) is 16.4 Å². The van der Waals surface area contributed by atoms with Crippen molar-refractivity contribution in [3.63, 3.8) is 0 Å². The smallest absolute Gasteiger partial charge is 0.266 e. The van der Waals surface area contributed by atoms with E-state index in [0.29, 0.717) is 30.5 Å². The first-order valence-electron chi connectivity index (χ1n) is 10.2. The number of carbonyl (C=O) groups is 2. The summed E-state index contributed by atoms with van der Waals surface area (Å²) in [4.78, 5) is 36.5. The molecule has 4 aromatic heterocycles. The Bertz CT molecular complexity index is 1310. The predicted molar refractivity (Wildman–Crippen MR) is 119 cm³/mol.